The average Bonchev–Trinajstić information content (AvgIpc) is 1.60. The molecular weight excluding hydrogens is 1090 g/mol. The van der Waals surface area contributed by atoms with E-state index in [2.05, 4.69) is 235 Å². The fourth-order valence-corrected chi connectivity index (χ4v) is 13.4. The number of hydrogen-bond donors (Lipinski definition) is 8. The first kappa shape index (κ1) is 58.4. The maximum Gasteiger partial charge on any atom is 0.228 e. The number of aromatic nitrogens is 4. The molecule has 4 amide bonds. The molecule has 4 saturated carbocycles. The zero-order chi connectivity index (χ0) is 62.4. The van der Waals surface area contributed by atoms with Gasteiger partial charge in [0.15, 0.2) is 0 Å². The molecule has 8 aromatic rings. The van der Waals surface area contributed by atoms with E-state index in [9.17, 15) is 19.2 Å². The lowest BCUT2D eigenvalue weighted by Gasteiger charge is -2.20. The fraction of sp³-hybridized carbons (Fsp3) is 0.368. The van der Waals surface area contributed by atoms with Crippen molar-refractivity contribution in [3.05, 3.63) is 211 Å². The molecule has 1 aliphatic heterocycles. The Balaban J connectivity index is 1.12. The molecule has 88 heavy (non-hydrogen) atoms. The quantitative estimate of drug-likeness (QED) is 0.0607. The minimum Gasteiger partial charge on any atom is -0.354 e. The average molecular weight is 1170 g/mol. The normalized spacial score (nSPS) is 20.9. The number of anilines is 4. The number of H-pyrrole nitrogens is 4. The highest BCUT2D eigenvalue weighted by Crippen LogP contribution is 2.55. The van der Waals surface area contributed by atoms with E-state index in [1.165, 1.54) is 11.1 Å². The van der Waals surface area contributed by atoms with Crippen molar-refractivity contribution in [3.63, 3.8) is 0 Å². The molecule has 8 N–H and O–H groups in total. The van der Waals surface area contributed by atoms with Crippen molar-refractivity contribution in [1.82, 2.24) is 19.9 Å². The van der Waals surface area contributed by atoms with Gasteiger partial charge in [-0.1, -0.05) is 158 Å². The van der Waals surface area contributed by atoms with Crippen LogP contribution in [-0.4, -0.2) is 43.6 Å². The first-order valence-corrected chi connectivity index (χ1v) is 31.4. The summed E-state index contributed by atoms with van der Waals surface area (Å²) in [5, 5.41) is 16.7. The monoisotopic (exact) mass is 1170 g/mol. The molecule has 12 nitrogen and oxygen atoms in total. The van der Waals surface area contributed by atoms with Gasteiger partial charge in [0.05, 0.1) is 22.7 Å². The van der Waals surface area contributed by atoms with E-state index in [1.807, 2.05) is 36.4 Å². The number of benzene rings is 4. The van der Waals surface area contributed by atoms with Crippen LogP contribution in [0, 0.1) is 45.3 Å². The van der Waals surface area contributed by atoms with Crippen LogP contribution in [0.5, 0.6) is 0 Å². The molecule has 4 aromatic carbocycles. The predicted octanol–water partition coefficient (Wildman–Crippen LogP) is 12.8. The standard InChI is InChI=1S/C76H84N8O4/c1-71(2,3)43-25-21-41(22-26-43)61-53-29-33-57(77-53)65(63-49(81-67(85)45-37-73(45,7)8)17-15-18-50(63)82-68(86)46-38-74(46,9)10)59-35-31-55(79-59)62(42-23-27-44(28-24-42)72(4,5)6)56-32-36-60(80-56)66(58-34-30-54(61)78-58)64-51(83-69(87)47-39-75(47,11)12)19-16-20-52(64)84-70(88)48-40-76(48,13)14/h15-36,45-48,77-80H,37-40H2,1-14H3,(H,81,85)(H,82,86)(H,83,87)(H,84,88)/t45-,46+,47-,48+. The van der Waals surface area contributed by atoms with Gasteiger partial charge in [-0.25, -0.2) is 0 Å². The van der Waals surface area contributed by atoms with Gasteiger partial charge in [0.2, 0.25) is 23.6 Å². The Hall–Kier alpha value is -8.64. The number of fused-ring (bicyclic) bond motifs is 8. The second-order valence-electron chi connectivity index (χ2n) is 30.7. The van der Waals surface area contributed by atoms with E-state index < -0.39 is 0 Å². The molecule has 8 bridgehead atoms. The Morgan fingerprint density at radius 3 is 0.818 bits per heavy atom. The zero-order valence-corrected chi connectivity index (χ0v) is 53.5. The highest BCUT2D eigenvalue weighted by molar-refractivity contribution is 6.06. The van der Waals surface area contributed by atoms with Crippen LogP contribution in [0.15, 0.2) is 133 Å². The number of hydrogen-bond acceptors (Lipinski definition) is 4. The van der Waals surface area contributed by atoms with Gasteiger partial charge in [0.25, 0.3) is 0 Å². The van der Waals surface area contributed by atoms with Crippen LogP contribution in [0.4, 0.5) is 22.7 Å². The molecule has 5 aliphatic rings. The number of rotatable bonds is 12. The molecule has 4 aliphatic carbocycles. The van der Waals surface area contributed by atoms with Gasteiger partial charge in [-0.05, 0) is 153 Å². The van der Waals surface area contributed by atoms with Crippen molar-refractivity contribution in [2.75, 3.05) is 21.3 Å². The molecule has 452 valence electrons. The zero-order valence-electron chi connectivity index (χ0n) is 53.5. The first-order chi connectivity index (χ1) is 41.5. The van der Waals surface area contributed by atoms with Crippen LogP contribution >= 0.6 is 0 Å². The summed E-state index contributed by atoms with van der Waals surface area (Å²) < 4.78 is 0. The fourth-order valence-electron chi connectivity index (χ4n) is 13.4. The number of amides is 4. The van der Waals surface area contributed by atoms with E-state index in [4.69, 9.17) is 0 Å². The number of carbonyl (C=O) groups is 4. The summed E-state index contributed by atoms with van der Waals surface area (Å²) in [4.78, 5) is 73.5. The molecule has 0 unspecified atom stereocenters. The van der Waals surface area contributed by atoms with Gasteiger partial charge in [0, 0.05) is 101 Å². The molecule has 0 spiro atoms. The van der Waals surface area contributed by atoms with Crippen molar-refractivity contribution >= 4 is 68.7 Å². The van der Waals surface area contributed by atoms with E-state index in [0.29, 0.717) is 33.9 Å². The van der Waals surface area contributed by atoms with Crippen molar-refractivity contribution in [3.8, 4) is 0 Å². The summed E-state index contributed by atoms with van der Waals surface area (Å²) in [6.45, 7) is 30.3. The molecule has 0 radical (unpaired) electrons. The van der Waals surface area contributed by atoms with E-state index in [-0.39, 0.29) is 79.8 Å². The SMILES string of the molecule is CC(C)(C)c1ccc(C2=c3ccc([nH]3)=C(c3c(NC(=O)[C@H]4CC4(C)C)cccc3NC(=O)[C@@H]3CC3(C)C)c3ccc([nH]3)C(c3ccc(C(C)(C)C)cc3)=c3ccc([nH]3)=C(c3c(NC(=O)[C@H]4CC4(C)C)cccc3NC(=O)[C@@H]3CC3(C)C)c3ccc2[nH]3)cc1. The third-order valence-electron chi connectivity index (χ3n) is 20.0. The van der Waals surface area contributed by atoms with Crippen LogP contribution < -0.4 is 42.7 Å². The van der Waals surface area contributed by atoms with Gasteiger partial charge in [-0.2, -0.15) is 0 Å². The van der Waals surface area contributed by atoms with E-state index in [1.54, 1.807) is 0 Å². The Kier molecular flexibility index (Phi) is 13.6. The molecule has 4 aromatic heterocycles. The Morgan fingerprint density at radius 2 is 0.580 bits per heavy atom. The van der Waals surface area contributed by atoms with Crippen molar-refractivity contribution in [2.45, 2.75) is 133 Å². The van der Waals surface area contributed by atoms with Gasteiger partial charge in [-0.15, -0.1) is 0 Å². The molecule has 13 rings (SSSR count). The minimum absolute atomic E-state index is 0.0608. The summed E-state index contributed by atoms with van der Waals surface area (Å²) >= 11 is 0. The van der Waals surface area contributed by atoms with Crippen LogP contribution in [0.3, 0.4) is 0 Å². The topological polar surface area (TPSA) is 180 Å². The van der Waals surface area contributed by atoms with Crippen molar-refractivity contribution in [1.29, 1.82) is 0 Å². The molecule has 5 heterocycles. The van der Waals surface area contributed by atoms with E-state index >= 15 is 0 Å². The lowest BCUT2D eigenvalue weighted by atomic mass is 9.86. The maximum absolute atomic E-state index is 14.4. The first-order valence-electron chi connectivity index (χ1n) is 31.4. The molecule has 0 saturated heterocycles. The summed E-state index contributed by atoms with van der Waals surface area (Å²) in [6.07, 6.45) is 3.12. The van der Waals surface area contributed by atoms with Crippen LogP contribution in [-0.2, 0) is 30.0 Å². The number of nitrogens with one attached hydrogen (secondary N) is 8. The lowest BCUT2D eigenvalue weighted by Crippen LogP contribution is -2.23. The second kappa shape index (κ2) is 20.5. The Bertz CT molecular complexity index is 4070. The lowest BCUT2D eigenvalue weighted by molar-refractivity contribution is -0.118. The van der Waals surface area contributed by atoms with Crippen molar-refractivity contribution in [2.24, 2.45) is 45.3 Å². The highest BCUT2D eigenvalue weighted by atomic mass is 16.2. The predicted molar refractivity (Wildman–Crippen MR) is 353 cm³/mol. The third kappa shape index (κ3) is 10.9. The van der Waals surface area contributed by atoms with Gasteiger partial charge >= 0.3 is 0 Å². The highest BCUT2D eigenvalue weighted by Gasteiger charge is 2.53. The Morgan fingerprint density at radius 1 is 0.341 bits per heavy atom. The maximum atomic E-state index is 14.4. The third-order valence-corrected chi connectivity index (χ3v) is 20.0. The molecular formula is C76H84N8O4. The van der Waals surface area contributed by atoms with Crippen LogP contribution in [0.2, 0.25) is 0 Å². The van der Waals surface area contributed by atoms with E-state index in [0.717, 1.165) is 103 Å². The minimum atomic E-state index is -0.164. The number of carbonyl (C=O) groups excluding carboxylic acids is 4. The molecule has 12 heteroatoms. The summed E-state index contributed by atoms with van der Waals surface area (Å²) in [6, 6.07) is 45.9. The summed E-state index contributed by atoms with van der Waals surface area (Å²) in [5.74, 6) is -0.900. The largest absolute Gasteiger partial charge is 0.354 e. The summed E-state index contributed by atoms with van der Waals surface area (Å²) in [5.41, 5.74) is 13.6. The van der Waals surface area contributed by atoms with Gasteiger partial charge < -0.3 is 41.2 Å². The van der Waals surface area contributed by atoms with Crippen LogP contribution in [0.1, 0.15) is 179 Å². The number of aromatic amines is 4. The molecule has 4 fully saturated rings. The summed E-state index contributed by atoms with van der Waals surface area (Å²) in [7, 11) is 0. The van der Waals surface area contributed by atoms with Crippen molar-refractivity contribution < 1.29 is 19.2 Å². The van der Waals surface area contributed by atoms with Crippen LogP contribution in [0.25, 0.3) is 22.3 Å². The molecule has 4 atom stereocenters. The second-order valence-corrected chi connectivity index (χ2v) is 30.7. The smallest absolute Gasteiger partial charge is 0.228 e. The Labute approximate surface area is 516 Å². The van der Waals surface area contributed by atoms with Gasteiger partial charge in [0.1, 0.15) is 0 Å². The van der Waals surface area contributed by atoms with Gasteiger partial charge in [-0.3, -0.25) is 19.2 Å².